The summed E-state index contributed by atoms with van der Waals surface area (Å²) in [6.45, 7) is 0.000648. The van der Waals surface area contributed by atoms with Gasteiger partial charge in [-0.15, -0.1) is 0 Å². The molecule has 6 nitrogen and oxygen atoms in total. The third-order valence-corrected chi connectivity index (χ3v) is 1.15. The van der Waals surface area contributed by atoms with Gasteiger partial charge in [0.25, 0.3) is 5.91 Å². The van der Waals surface area contributed by atoms with Gasteiger partial charge in [0.2, 0.25) is 0 Å². The lowest BCUT2D eigenvalue weighted by atomic mass is 10.4. The average Bonchev–Trinajstić information content (AvgIpc) is 2.04. The Morgan fingerprint density at radius 3 is 2.42 bits per heavy atom. The maximum atomic E-state index is 10.7. The number of aldehydes is 1. The second kappa shape index (κ2) is 5.00. The van der Waals surface area contributed by atoms with Crippen LogP contribution in [0.1, 0.15) is 0 Å². The van der Waals surface area contributed by atoms with Crippen LogP contribution >= 0.6 is 0 Å². The zero-order valence-electron chi connectivity index (χ0n) is 6.76. The quantitative estimate of drug-likeness (QED) is 0.273. The minimum Gasteiger partial charge on any atom is -0.384 e. The molecular weight excluding hydrogens is 160 g/mol. The number of nitrogens with two attached hydrogens (primary N) is 2. The van der Waals surface area contributed by atoms with Gasteiger partial charge in [-0.05, 0) is 0 Å². The smallest absolute Gasteiger partial charge is 0.268 e. The summed E-state index contributed by atoms with van der Waals surface area (Å²) in [5, 5.41) is 5.00. The van der Waals surface area contributed by atoms with Crippen molar-refractivity contribution < 1.29 is 9.59 Å². The lowest BCUT2D eigenvalue weighted by Crippen LogP contribution is -2.34. The van der Waals surface area contributed by atoms with Gasteiger partial charge in [-0.25, -0.2) is 0 Å². The molecule has 0 aromatic heterocycles. The molecule has 0 aromatic rings. The van der Waals surface area contributed by atoms with E-state index in [1.165, 1.54) is 0 Å². The van der Waals surface area contributed by atoms with Crippen LogP contribution in [0.3, 0.4) is 0 Å². The summed E-state index contributed by atoms with van der Waals surface area (Å²) in [5.74, 6) is -0.590. The van der Waals surface area contributed by atoms with E-state index in [1.807, 2.05) is 0 Å². The Balaban J connectivity index is 4.42. The van der Waals surface area contributed by atoms with Crippen molar-refractivity contribution in [3.05, 3.63) is 11.5 Å². The number of hydrogen-bond acceptors (Lipinski definition) is 5. The Bertz CT molecular complexity index is 212. The van der Waals surface area contributed by atoms with Crippen molar-refractivity contribution in [3.63, 3.8) is 0 Å². The number of nitrogens with one attached hydrogen (secondary N) is 2. The number of carbonyl (C=O) groups excluding carboxylic acids is 2. The van der Waals surface area contributed by atoms with E-state index in [0.717, 1.165) is 0 Å². The van der Waals surface area contributed by atoms with Gasteiger partial charge >= 0.3 is 0 Å². The predicted molar refractivity (Wildman–Crippen MR) is 43.5 cm³/mol. The molecule has 0 spiro atoms. The third-order valence-electron chi connectivity index (χ3n) is 1.15. The summed E-state index contributed by atoms with van der Waals surface area (Å²) >= 11 is 0. The second-order valence-electron chi connectivity index (χ2n) is 1.95. The fraction of sp³-hybridized carbons (Fsp3) is 0.333. The molecular formula is C6H12N4O2. The zero-order chi connectivity index (χ0) is 9.56. The van der Waals surface area contributed by atoms with E-state index in [9.17, 15) is 9.59 Å². The maximum absolute atomic E-state index is 10.7. The number of primary amides is 1. The minimum absolute atomic E-state index is 0.000648. The molecule has 0 unspecified atom stereocenters. The van der Waals surface area contributed by atoms with Crippen LogP contribution in [0.15, 0.2) is 11.5 Å². The first-order chi connectivity index (χ1) is 5.63. The van der Waals surface area contributed by atoms with Crippen molar-refractivity contribution in [1.82, 2.24) is 10.6 Å². The summed E-state index contributed by atoms with van der Waals surface area (Å²) in [6, 6.07) is 0. The Morgan fingerprint density at radius 1 is 1.50 bits per heavy atom. The van der Waals surface area contributed by atoms with Gasteiger partial charge in [0, 0.05) is 7.05 Å². The molecule has 0 aromatic carbocycles. The monoisotopic (exact) mass is 172 g/mol. The maximum Gasteiger partial charge on any atom is 0.268 e. The molecule has 68 valence electrons. The number of rotatable bonds is 5. The predicted octanol–water partition coefficient (Wildman–Crippen LogP) is -2.39. The highest BCUT2D eigenvalue weighted by molar-refractivity contribution is 5.92. The van der Waals surface area contributed by atoms with Crippen molar-refractivity contribution in [2.75, 3.05) is 13.6 Å². The molecule has 6 heteroatoms. The molecule has 0 heterocycles. The number of carbonyl (C=O) groups is 2. The van der Waals surface area contributed by atoms with Crippen molar-refractivity contribution >= 4 is 12.2 Å². The van der Waals surface area contributed by atoms with Gasteiger partial charge in [-0.3, -0.25) is 4.79 Å². The standard InChI is InChI=1S/C6H12N4O2/c1-9-5(7)4(6(8)12)10-2-3-11/h3,9-10H,2,7H2,1H3,(H2,8,12)/b5-4+. The Kier molecular flexibility index (Phi) is 4.28. The lowest BCUT2D eigenvalue weighted by Gasteiger charge is -2.08. The van der Waals surface area contributed by atoms with Crippen LogP contribution in [0.2, 0.25) is 0 Å². The summed E-state index contributed by atoms with van der Waals surface area (Å²) in [4.78, 5) is 20.6. The zero-order valence-corrected chi connectivity index (χ0v) is 6.76. The van der Waals surface area contributed by atoms with E-state index >= 15 is 0 Å². The van der Waals surface area contributed by atoms with Crippen LogP contribution in [0.5, 0.6) is 0 Å². The average molecular weight is 172 g/mol. The SMILES string of the molecule is CN/C(N)=C(/NCC=O)C(N)=O. The van der Waals surface area contributed by atoms with Crippen LogP contribution in [-0.2, 0) is 9.59 Å². The third kappa shape index (κ3) is 2.91. The lowest BCUT2D eigenvalue weighted by molar-refractivity contribution is -0.115. The van der Waals surface area contributed by atoms with Gasteiger partial charge < -0.3 is 26.9 Å². The molecule has 0 aliphatic carbocycles. The van der Waals surface area contributed by atoms with Crippen LogP contribution in [0, 0.1) is 0 Å². The van der Waals surface area contributed by atoms with E-state index in [0.29, 0.717) is 6.29 Å². The molecule has 1 amide bonds. The van der Waals surface area contributed by atoms with Crippen LogP contribution in [0.4, 0.5) is 0 Å². The fourth-order valence-corrected chi connectivity index (χ4v) is 0.584. The molecule has 0 saturated carbocycles. The summed E-state index contributed by atoms with van der Waals surface area (Å²) in [5.41, 5.74) is 10.3. The second-order valence-corrected chi connectivity index (χ2v) is 1.95. The normalized spacial score (nSPS) is 11.4. The fourth-order valence-electron chi connectivity index (χ4n) is 0.584. The highest BCUT2D eigenvalue weighted by Gasteiger charge is 2.07. The largest absolute Gasteiger partial charge is 0.384 e. The molecule has 0 fully saturated rings. The van der Waals surface area contributed by atoms with E-state index in [1.54, 1.807) is 7.05 Å². The Morgan fingerprint density at radius 2 is 2.08 bits per heavy atom. The van der Waals surface area contributed by atoms with E-state index in [2.05, 4.69) is 10.6 Å². The topological polar surface area (TPSA) is 110 Å². The molecule has 0 atom stereocenters. The van der Waals surface area contributed by atoms with Crippen molar-refractivity contribution in [2.24, 2.45) is 11.5 Å². The number of amides is 1. The molecule has 0 aliphatic rings. The molecule has 0 radical (unpaired) electrons. The highest BCUT2D eigenvalue weighted by Crippen LogP contribution is 1.88. The summed E-state index contributed by atoms with van der Waals surface area (Å²) in [7, 11) is 1.54. The van der Waals surface area contributed by atoms with E-state index in [-0.39, 0.29) is 18.1 Å². The van der Waals surface area contributed by atoms with E-state index < -0.39 is 5.91 Å². The first-order valence-electron chi connectivity index (χ1n) is 3.28. The molecule has 0 aliphatic heterocycles. The van der Waals surface area contributed by atoms with Crippen molar-refractivity contribution in [2.45, 2.75) is 0 Å². The minimum atomic E-state index is -0.705. The van der Waals surface area contributed by atoms with E-state index in [4.69, 9.17) is 11.5 Å². The van der Waals surface area contributed by atoms with Crippen LogP contribution in [0.25, 0.3) is 0 Å². The molecule has 0 bridgehead atoms. The van der Waals surface area contributed by atoms with Crippen molar-refractivity contribution in [1.29, 1.82) is 0 Å². The van der Waals surface area contributed by atoms with Gasteiger partial charge in [-0.1, -0.05) is 0 Å². The van der Waals surface area contributed by atoms with Gasteiger partial charge in [0.05, 0.1) is 6.54 Å². The first-order valence-corrected chi connectivity index (χ1v) is 3.28. The van der Waals surface area contributed by atoms with Crippen LogP contribution in [-0.4, -0.2) is 25.8 Å². The van der Waals surface area contributed by atoms with Crippen LogP contribution < -0.4 is 22.1 Å². The first kappa shape index (κ1) is 10.3. The molecule has 6 N–H and O–H groups in total. The highest BCUT2D eigenvalue weighted by atomic mass is 16.1. The van der Waals surface area contributed by atoms with Crippen molar-refractivity contribution in [3.8, 4) is 0 Å². The molecule has 0 saturated heterocycles. The Labute approximate surface area is 70.0 Å². The molecule has 12 heavy (non-hydrogen) atoms. The Hall–Kier alpha value is -1.72. The summed E-state index contributed by atoms with van der Waals surface area (Å²) < 4.78 is 0. The van der Waals surface area contributed by atoms with Gasteiger partial charge in [0.15, 0.2) is 0 Å². The number of hydrogen-bond donors (Lipinski definition) is 4. The van der Waals surface area contributed by atoms with Gasteiger partial charge in [-0.2, -0.15) is 0 Å². The van der Waals surface area contributed by atoms with Gasteiger partial charge in [0.1, 0.15) is 17.8 Å². The summed E-state index contributed by atoms with van der Waals surface area (Å²) in [6.07, 6.45) is 0.603. The molecule has 0 rings (SSSR count).